The van der Waals surface area contributed by atoms with Gasteiger partial charge >= 0.3 is 0 Å². The number of benzene rings is 11. The molecule has 0 saturated carbocycles. The number of nitrogens with zero attached hydrogens (tertiary/aromatic N) is 1. The van der Waals surface area contributed by atoms with Gasteiger partial charge in [-0.15, -0.1) is 0 Å². The Morgan fingerprint density at radius 2 is 0.587 bits per heavy atom. The normalized spacial score (nSPS) is 11.2. The van der Waals surface area contributed by atoms with Crippen molar-refractivity contribution in [3.8, 4) is 66.8 Å². The topological polar surface area (TPSA) is 3.24 Å². The average Bonchev–Trinajstić information content (AvgIpc) is 3.37. The maximum atomic E-state index is 2.39. The van der Waals surface area contributed by atoms with E-state index in [0.717, 1.165) is 17.1 Å². The molecule has 0 spiro atoms. The van der Waals surface area contributed by atoms with E-state index in [1.54, 1.807) is 0 Å². The summed E-state index contributed by atoms with van der Waals surface area (Å²) in [6.07, 6.45) is 0. The number of rotatable bonds is 9. The largest absolute Gasteiger partial charge is 0.310 e. The van der Waals surface area contributed by atoms with Crippen molar-refractivity contribution in [2.75, 3.05) is 4.90 Å². The second-order valence-electron chi connectivity index (χ2n) is 16.0. The first kappa shape index (κ1) is 37.7. The third kappa shape index (κ3) is 7.16. The number of hydrogen-bond donors (Lipinski definition) is 0. The fraction of sp³-hybridized carbons (Fsp3) is 0. The van der Waals surface area contributed by atoms with Crippen LogP contribution in [-0.4, -0.2) is 0 Å². The lowest BCUT2D eigenvalue weighted by Crippen LogP contribution is -2.10. The van der Waals surface area contributed by atoms with Gasteiger partial charge in [-0.3, -0.25) is 0 Å². The maximum absolute atomic E-state index is 2.39. The lowest BCUT2D eigenvalue weighted by atomic mass is 9.83. The second-order valence-corrected chi connectivity index (χ2v) is 16.0. The summed E-state index contributed by atoms with van der Waals surface area (Å²) in [6, 6.07) is 94.5. The molecule has 0 unspecified atom stereocenters. The minimum Gasteiger partial charge on any atom is -0.310 e. The summed E-state index contributed by atoms with van der Waals surface area (Å²) in [4.78, 5) is 2.39. The summed E-state index contributed by atoms with van der Waals surface area (Å²) in [5, 5.41) is 5.00. The molecular formula is C62H43N. The Bertz CT molecular complexity index is 3320. The van der Waals surface area contributed by atoms with Crippen LogP contribution in [0.4, 0.5) is 17.1 Å². The Labute approximate surface area is 369 Å². The van der Waals surface area contributed by atoms with Crippen molar-refractivity contribution >= 4 is 38.6 Å². The molecule has 0 aliphatic carbocycles. The van der Waals surface area contributed by atoms with Crippen molar-refractivity contribution in [3.05, 3.63) is 261 Å². The zero-order valence-electron chi connectivity index (χ0n) is 34.8. The maximum Gasteiger partial charge on any atom is 0.0468 e. The van der Waals surface area contributed by atoms with Crippen LogP contribution in [0.1, 0.15) is 0 Å². The van der Waals surface area contributed by atoms with Gasteiger partial charge in [0.2, 0.25) is 0 Å². The highest BCUT2D eigenvalue weighted by Crippen LogP contribution is 2.48. The number of anilines is 3. The fourth-order valence-corrected chi connectivity index (χ4v) is 9.36. The summed E-state index contributed by atoms with van der Waals surface area (Å²) < 4.78 is 0. The summed E-state index contributed by atoms with van der Waals surface area (Å²) in [5.74, 6) is 0. The van der Waals surface area contributed by atoms with E-state index in [0.29, 0.717) is 0 Å². The van der Waals surface area contributed by atoms with Crippen LogP contribution in [0.3, 0.4) is 0 Å². The smallest absolute Gasteiger partial charge is 0.0468 e. The number of hydrogen-bond acceptors (Lipinski definition) is 1. The highest BCUT2D eigenvalue weighted by atomic mass is 15.1. The summed E-state index contributed by atoms with van der Waals surface area (Å²) in [6.45, 7) is 0. The lowest BCUT2D eigenvalue weighted by molar-refractivity contribution is 1.28. The van der Waals surface area contributed by atoms with E-state index >= 15 is 0 Å². The van der Waals surface area contributed by atoms with E-state index < -0.39 is 0 Å². The minimum absolute atomic E-state index is 1.08. The average molecular weight is 802 g/mol. The molecule has 0 bridgehead atoms. The predicted molar refractivity (Wildman–Crippen MR) is 269 cm³/mol. The van der Waals surface area contributed by atoms with Crippen molar-refractivity contribution in [2.24, 2.45) is 0 Å². The Morgan fingerprint density at radius 1 is 0.206 bits per heavy atom. The highest BCUT2D eigenvalue weighted by molar-refractivity contribution is 6.25. The quantitative estimate of drug-likeness (QED) is 0.131. The monoisotopic (exact) mass is 801 g/mol. The van der Waals surface area contributed by atoms with Gasteiger partial charge in [-0.25, -0.2) is 0 Å². The van der Waals surface area contributed by atoms with Crippen LogP contribution in [-0.2, 0) is 0 Å². The first-order valence-electron chi connectivity index (χ1n) is 21.7. The first-order valence-corrected chi connectivity index (χ1v) is 21.7. The first-order chi connectivity index (χ1) is 31.3. The summed E-state index contributed by atoms with van der Waals surface area (Å²) in [5.41, 5.74) is 17.7. The van der Waals surface area contributed by atoms with Gasteiger partial charge in [0.1, 0.15) is 0 Å². The molecule has 11 aromatic rings. The van der Waals surface area contributed by atoms with Gasteiger partial charge in [0.25, 0.3) is 0 Å². The zero-order chi connectivity index (χ0) is 42.0. The number of fused-ring (bicyclic) bond motifs is 3. The molecule has 0 fully saturated rings. The third-order valence-corrected chi connectivity index (χ3v) is 12.3. The fourth-order valence-electron chi connectivity index (χ4n) is 9.36. The third-order valence-electron chi connectivity index (χ3n) is 12.3. The van der Waals surface area contributed by atoms with Gasteiger partial charge < -0.3 is 4.90 Å². The Morgan fingerprint density at radius 3 is 1.14 bits per heavy atom. The van der Waals surface area contributed by atoms with Gasteiger partial charge in [-0.1, -0.05) is 224 Å². The molecule has 0 aromatic heterocycles. The van der Waals surface area contributed by atoms with E-state index in [1.807, 2.05) is 0 Å². The van der Waals surface area contributed by atoms with Crippen molar-refractivity contribution in [3.63, 3.8) is 0 Å². The molecule has 0 saturated heterocycles. The van der Waals surface area contributed by atoms with Crippen LogP contribution in [0.2, 0.25) is 0 Å². The molecule has 296 valence electrons. The van der Waals surface area contributed by atoms with Crippen molar-refractivity contribution in [1.82, 2.24) is 0 Å². The second kappa shape index (κ2) is 16.7. The Kier molecular flexibility index (Phi) is 9.97. The minimum atomic E-state index is 1.08. The van der Waals surface area contributed by atoms with Crippen molar-refractivity contribution in [1.29, 1.82) is 0 Å². The van der Waals surface area contributed by atoms with Crippen molar-refractivity contribution < 1.29 is 0 Å². The van der Waals surface area contributed by atoms with E-state index in [-0.39, 0.29) is 0 Å². The van der Waals surface area contributed by atoms with Gasteiger partial charge in [0.15, 0.2) is 0 Å². The molecule has 0 aliphatic rings. The summed E-state index contributed by atoms with van der Waals surface area (Å²) >= 11 is 0. The van der Waals surface area contributed by atoms with Gasteiger partial charge in [-0.05, 0) is 125 Å². The van der Waals surface area contributed by atoms with Crippen LogP contribution in [0.15, 0.2) is 261 Å². The van der Waals surface area contributed by atoms with E-state index in [4.69, 9.17) is 0 Å². The van der Waals surface area contributed by atoms with Crippen LogP contribution < -0.4 is 4.90 Å². The van der Waals surface area contributed by atoms with E-state index in [2.05, 4.69) is 266 Å². The Hall–Kier alpha value is -8.26. The van der Waals surface area contributed by atoms with Gasteiger partial charge in [-0.2, -0.15) is 0 Å². The van der Waals surface area contributed by atoms with Crippen LogP contribution in [0.25, 0.3) is 88.3 Å². The molecule has 0 amide bonds. The standard InChI is InChI=1S/C62H43N/c1-6-19-44(20-7-1)45-33-37-51(38-34-45)63(53-41-42-54(46-21-8-2-9-22-46)59(43-53)47-23-10-3-11-24-47)52-39-35-48(36-40-52)55-31-18-32-58-61(50-27-14-5-15-28-50)60(49-25-12-4-13-26-49)56-29-16-17-30-57(56)62(55)58/h1-43H. The summed E-state index contributed by atoms with van der Waals surface area (Å²) in [7, 11) is 0. The molecule has 63 heavy (non-hydrogen) atoms. The zero-order valence-corrected chi connectivity index (χ0v) is 34.8. The Balaban J connectivity index is 1.09. The molecular weight excluding hydrogens is 759 g/mol. The molecule has 11 aromatic carbocycles. The lowest BCUT2D eigenvalue weighted by Gasteiger charge is -2.27. The highest BCUT2D eigenvalue weighted by Gasteiger charge is 2.21. The van der Waals surface area contributed by atoms with Gasteiger partial charge in [0, 0.05) is 17.1 Å². The van der Waals surface area contributed by atoms with Crippen LogP contribution in [0.5, 0.6) is 0 Å². The van der Waals surface area contributed by atoms with Gasteiger partial charge in [0.05, 0.1) is 0 Å². The molecule has 1 nitrogen and oxygen atoms in total. The molecule has 11 rings (SSSR count). The SMILES string of the molecule is c1ccc(-c2ccc(N(c3ccc(-c4cccc5c(-c6ccccc6)c(-c6ccccc6)c6ccccc6c45)cc3)c3ccc(-c4ccccc4)c(-c4ccccc4)c3)cc2)cc1. The molecule has 0 aliphatic heterocycles. The van der Waals surface area contributed by atoms with Crippen molar-refractivity contribution in [2.45, 2.75) is 0 Å². The molecule has 0 heterocycles. The molecule has 0 atom stereocenters. The van der Waals surface area contributed by atoms with E-state index in [1.165, 1.54) is 88.3 Å². The van der Waals surface area contributed by atoms with E-state index in [9.17, 15) is 0 Å². The molecule has 0 radical (unpaired) electrons. The molecule has 0 N–H and O–H groups in total. The predicted octanol–water partition coefficient (Wildman–Crippen LogP) is 17.5. The molecule has 1 heteroatoms. The van der Waals surface area contributed by atoms with Crippen LogP contribution >= 0.6 is 0 Å². The van der Waals surface area contributed by atoms with Crippen LogP contribution in [0, 0.1) is 0 Å².